The van der Waals surface area contributed by atoms with Crippen molar-refractivity contribution in [1.29, 1.82) is 0 Å². The number of rotatable bonds is 11. The molecule has 0 radical (unpaired) electrons. The molecule has 2 aliphatic rings. The van der Waals surface area contributed by atoms with Crippen LogP contribution >= 0.6 is 0 Å². The van der Waals surface area contributed by atoms with Crippen molar-refractivity contribution >= 4 is 35.1 Å². The van der Waals surface area contributed by atoms with E-state index in [1.165, 1.54) is 0 Å². The highest BCUT2D eigenvalue weighted by Crippen LogP contribution is 2.35. The number of ether oxygens (including phenoxy) is 2. The minimum absolute atomic E-state index is 0.00701. The molecule has 5 atom stereocenters. The zero-order valence-corrected chi connectivity index (χ0v) is 31.2. The highest BCUT2D eigenvalue weighted by atomic mass is 16.6. The maximum Gasteiger partial charge on any atom is 0.407 e. The molecule has 1 saturated heterocycles. The van der Waals surface area contributed by atoms with Gasteiger partial charge in [-0.05, 0) is 50.3 Å². The number of fused-ring (bicyclic) bond motifs is 1. The van der Waals surface area contributed by atoms with Crippen molar-refractivity contribution in [3.05, 3.63) is 114 Å². The standard InChI is InChI=1S/C41H48N8O6/c1-41(2,3)55-40(53)44-29-19-20-48(23-29)38-46-36(42-22-30(27-15-9-5-10-16-27)28-17-11-6-12-18-28)33-37(47-38)49(25-43-33)32-21-31(34(50)35(32)51)45-39(52)54-24-26-13-7-4-8-14-26/h4-18,25,29-32,34-35,50-51H,19-24H2,1-3H3,(H,44,53)(H,45,52)(H,42,46,47)/t29-,31+,32-,34-,35+/m1/s1. The van der Waals surface area contributed by atoms with E-state index in [0.29, 0.717) is 49.0 Å². The lowest BCUT2D eigenvalue weighted by Crippen LogP contribution is -2.43. The van der Waals surface area contributed by atoms with Gasteiger partial charge in [-0.2, -0.15) is 9.97 Å². The van der Waals surface area contributed by atoms with Gasteiger partial charge in [0, 0.05) is 25.6 Å². The second-order valence-electron chi connectivity index (χ2n) is 15.1. The average molecular weight is 749 g/mol. The van der Waals surface area contributed by atoms with Crippen LogP contribution in [0.5, 0.6) is 0 Å². The predicted octanol–water partition coefficient (Wildman–Crippen LogP) is 5.14. The number of anilines is 2. The highest BCUT2D eigenvalue weighted by molar-refractivity contribution is 5.84. The van der Waals surface area contributed by atoms with Crippen LogP contribution in [0.2, 0.25) is 0 Å². The van der Waals surface area contributed by atoms with Crippen LogP contribution in [-0.2, 0) is 16.1 Å². The first-order valence-corrected chi connectivity index (χ1v) is 18.7. The Morgan fingerprint density at radius 1 is 0.873 bits per heavy atom. The summed E-state index contributed by atoms with van der Waals surface area (Å²) < 4.78 is 12.6. The number of nitrogens with zero attached hydrogens (tertiary/aromatic N) is 5. The number of carbonyl (C=O) groups excluding carboxylic acids is 2. The molecule has 1 aliphatic carbocycles. The third kappa shape index (κ3) is 8.98. The van der Waals surface area contributed by atoms with Crippen LogP contribution in [0.25, 0.3) is 11.2 Å². The molecule has 3 aromatic carbocycles. The summed E-state index contributed by atoms with van der Waals surface area (Å²) in [5, 5.41) is 31.7. The van der Waals surface area contributed by atoms with Gasteiger partial charge in [-0.25, -0.2) is 14.6 Å². The third-order valence-electron chi connectivity index (χ3n) is 10.0. The highest BCUT2D eigenvalue weighted by Gasteiger charge is 2.44. The molecule has 14 nitrogen and oxygen atoms in total. The van der Waals surface area contributed by atoms with Gasteiger partial charge in [0.05, 0.1) is 24.5 Å². The molecule has 288 valence electrons. The molecular weight excluding hydrogens is 701 g/mol. The number of aromatic nitrogens is 4. The van der Waals surface area contributed by atoms with Gasteiger partial charge in [-0.3, -0.25) is 0 Å². The van der Waals surface area contributed by atoms with Crippen molar-refractivity contribution in [2.75, 3.05) is 29.9 Å². The van der Waals surface area contributed by atoms with Crippen molar-refractivity contribution in [2.45, 2.75) is 82.1 Å². The zero-order valence-electron chi connectivity index (χ0n) is 31.2. The number of aliphatic hydroxyl groups excluding tert-OH is 2. The summed E-state index contributed by atoms with van der Waals surface area (Å²) in [5.74, 6) is 0.923. The van der Waals surface area contributed by atoms with E-state index in [1.807, 2.05) is 92.4 Å². The van der Waals surface area contributed by atoms with Gasteiger partial charge in [0.15, 0.2) is 17.0 Å². The summed E-state index contributed by atoms with van der Waals surface area (Å²) in [5.41, 5.74) is 3.43. The summed E-state index contributed by atoms with van der Waals surface area (Å²) in [4.78, 5) is 42.0. The number of imidazole rings is 1. The lowest BCUT2D eigenvalue weighted by Gasteiger charge is -2.23. The fraction of sp³-hybridized carbons (Fsp3) is 0.390. The second kappa shape index (κ2) is 16.3. The van der Waals surface area contributed by atoms with Crippen molar-refractivity contribution < 1.29 is 29.3 Å². The van der Waals surface area contributed by atoms with E-state index >= 15 is 0 Å². The summed E-state index contributed by atoms with van der Waals surface area (Å²) in [6, 6.07) is 28.2. The van der Waals surface area contributed by atoms with Gasteiger partial charge < -0.3 is 45.1 Å². The molecule has 5 N–H and O–H groups in total. The van der Waals surface area contributed by atoms with Crippen LogP contribution in [0.4, 0.5) is 21.4 Å². The molecule has 5 aromatic rings. The second-order valence-corrected chi connectivity index (χ2v) is 15.1. The molecule has 2 amide bonds. The number of hydrogen-bond acceptors (Lipinski definition) is 11. The van der Waals surface area contributed by atoms with E-state index in [9.17, 15) is 19.8 Å². The van der Waals surface area contributed by atoms with E-state index in [1.54, 1.807) is 10.9 Å². The lowest BCUT2D eigenvalue weighted by atomic mass is 9.91. The van der Waals surface area contributed by atoms with Crippen LogP contribution < -0.4 is 20.9 Å². The van der Waals surface area contributed by atoms with Crippen LogP contribution in [0.3, 0.4) is 0 Å². The van der Waals surface area contributed by atoms with E-state index < -0.39 is 42.1 Å². The Morgan fingerprint density at radius 3 is 2.18 bits per heavy atom. The largest absolute Gasteiger partial charge is 0.445 e. The van der Waals surface area contributed by atoms with Gasteiger partial charge in [0.2, 0.25) is 5.95 Å². The number of nitrogens with one attached hydrogen (secondary N) is 3. The quantitative estimate of drug-likeness (QED) is 0.121. The third-order valence-corrected chi connectivity index (χ3v) is 10.0. The maximum absolute atomic E-state index is 12.7. The van der Waals surface area contributed by atoms with Gasteiger partial charge in [-0.15, -0.1) is 0 Å². The average Bonchev–Trinajstić information content (AvgIpc) is 3.89. The van der Waals surface area contributed by atoms with Crippen LogP contribution in [-0.4, -0.2) is 91.4 Å². The molecule has 2 fully saturated rings. The van der Waals surface area contributed by atoms with Gasteiger partial charge in [0.25, 0.3) is 0 Å². The Labute approximate surface area is 319 Å². The van der Waals surface area contributed by atoms with E-state index in [0.717, 1.165) is 16.7 Å². The van der Waals surface area contributed by atoms with E-state index in [2.05, 4.69) is 40.2 Å². The first-order valence-electron chi connectivity index (χ1n) is 18.7. The fourth-order valence-corrected chi connectivity index (χ4v) is 7.29. The van der Waals surface area contributed by atoms with Gasteiger partial charge in [0.1, 0.15) is 24.4 Å². The summed E-state index contributed by atoms with van der Waals surface area (Å²) in [6.45, 7) is 7.08. The number of aliphatic hydroxyl groups is 2. The van der Waals surface area contributed by atoms with Crippen molar-refractivity contribution in [3.63, 3.8) is 0 Å². The molecular formula is C41H48N8O6. The molecule has 14 heteroatoms. The van der Waals surface area contributed by atoms with Crippen LogP contribution in [0.15, 0.2) is 97.3 Å². The molecule has 1 saturated carbocycles. The topological polar surface area (TPSA) is 176 Å². The first kappa shape index (κ1) is 37.6. The van der Waals surface area contributed by atoms with Crippen molar-refractivity contribution in [3.8, 4) is 0 Å². The number of carbonyl (C=O) groups is 2. The van der Waals surface area contributed by atoms with Gasteiger partial charge >= 0.3 is 12.2 Å². The number of benzene rings is 3. The van der Waals surface area contributed by atoms with Crippen LogP contribution in [0, 0.1) is 0 Å². The predicted molar refractivity (Wildman–Crippen MR) is 208 cm³/mol. The molecule has 0 bridgehead atoms. The maximum atomic E-state index is 12.7. The number of alkyl carbamates (subject to hydrolysis) is 2. The van der Waals surface area contributed by atoms with Crippen molar-refractivity contribution in [2.24, 2.45) is 0 Å². The fourth-order valence-electron chi connectivity index (χ4n) is 7.29. The number of amides is 2. The smallest absolute Gasteiger partial charge is 0.407 e. The molecule has 0 unspecified atom stereocenters. The molecule has 2 aromatic heterocycles. The molecule has 3 heterocycles. The Morgan fingerprint density at radius 2 is 1.53 bits per heavy atom. The molecule has 0 spiro atoms. The van der Waals surface area contributed by atoms with Crippen molar-refractivity contribution in [1.82, 2.24) is 30.2 Å². The van der Waals surface area contributed by atoms with Crippen LogP contribution in [0.1, 0.15) is 62.3 Å². The summed E-state index contributed by atoms with van der Waals surface area (Å²) in [7, 11) is 0. The number of hydrogen-bond donors (Lipinski definition) is 5. The first-order chi connectivity index (χ1) is 26.5. The Balaban J connectivity index is 1.16. The lowest BCUT2D eigenvalue weighted by molar-refractivity contribution is 0.0136. The Hall–Kier alpha value is -5.73. The molecule has 1 aliphatic heterocycles. The Kier molecular flexibility index (Phi) is 11.2. The van der Waals surface area contributed by atoms with E-state index in [-0.39, 0.29) is 25.0 Å². The molecule has 7 rings (SSSR count). The SMILES string of the molecule is CC(C)(C)OC(=O)N[C@@H]1CCN(c2nc(NCC(c3ccccc3)c3ccccc3)c3ncn([C@@H]4C[C@H](NC(=O)OCc5ccccc5)[C@@H](O)[C@H]4O)c3n2)C1. The molecule has 55 heavy (non-hydrogen) atoms. The minimum Gasteiger partial charge on any atom is -0.445 e. The summed E-state index contributed by atoms with van der Waals surface area (Å²) >= 11 is 0. The zero-order chi connectivity index (χ0) is 38.5. The normalized spacial score (nSPS) is 21.1. The monoisotopic (exact) mass is 748 g/mol. The minimum atomic E-state index is -1.26. The Bertz CT molecular complexity index is 2020. The van der Waals surface area contributed by atoms with Gasteiger partial charge in [-0.1, -0.05) is 91.0 Å². The van der Waals surface area contributed by atoms with E-state index in [4.69, 9.17) is 24.4 Å². The summed E-state index contributed by atoms with van der Waals surface area (Å²) in [6.07, 6.45) is -1.22.